The van der Waals surface area contributed by atoms with Gasteiger partial charge in [0.2, 0.25) is 0 Å². The maximum atomic E-state index is 13.3. The average molecular weight is 558 g/mol. The van der Waals surface area contributed by atoms with Gasteiger partial charge >= 0.3 is 6.03 Å². The monoisotopic (exact) mass is 557 g/mol. The van der Waals surface area contributed by atoms with Gasteiger partial charge in [-0.15, -0.1) is 0 Å². The summed E-state index contributed by atoms with van der Waals surface area (Å²) in [5, 5.41) is 2.64. The SMILES string of the molecule is Cc1ccc(N2C(=O)NC(=O)/C(=C/c3cc(C)n(-c4ccc(OCc5ccc(F)cc5)cc4)c3C)C2=O)cc1Cl. The Bertz CT molecular complexity index is 1670. The van der Waals surface area contributed by atoms with Crippen LogP contribution in [0.2, 0.25) is 5.02 Å². The molecule has 0 atom stereocenters. The lowest BCUT2D eigenvalue weighted by Gasteiger charge is -2.26. The van der Waals surface area contributed by atoms with Crippen molar-refractivity contribution in [2.75, 3.05) is 4.90 Å². The van der Waals surface area contributed by atoms with E-state index in [4.69, 9.17) is 16.3 Å². The van der Waals surface area contributed by atoms with Crippen LogP contribution in [0.4, 0.5) is 14.9 Å². The van der Waals surface area contributed by atoms with E-state index in [1.807, 2.05) is 55.7 Å². The molecule has 1 saturated heterocycles. The first-order chi connectivity index (χ1) is 19.1. The van der Waals surface area contributed by atoms with Gasteiger partial charge in [-0.25, -0.2) is 14.1 Å². The van der Waals surface area contributed by atoms with Crippen LogP contribution >= 0.6 is 11.6 Å². The lowest BCUT2D eigenvalue weighted by atomic mass is 10.1. The topological polar surface area (TPSA) is 80.6 Å². The van der Waals surface area contributed by atoms with Crippen LogP contribution in [0.5, 0.6) is 5.75 Å². The zero-order valence-electron chi connectivity index (χ0n) is 22.0. The first kappa shape index (κ1) is 26.9. The van der Waals surface area contributed by atoms with Gasteiger partial charge in [0.05, 0.1) is 5.69 Å². The molecule has 202 valence electrons. The molecule has 1 aliphatic rings. The lowest BCUT2D eigenvalue weighted by Crippen LogP contribution is -2.54. The molecule has 0 saturated carbocycles. The number of hydrogen-bond donors (Lipinski definition) is 1. The molecular formula is C31H25ClFN3O4. The molecule has 4 amide bonds. The van der Waals surface area contributed by atoms with Crippen molar-refractivity contribution in [3.63, 3.8) is 0 Å². The number of carbonyl (C=O) groups is 3. The van der Waals surface area contributed by atoms with Gasteiger partial charge in [-0.05, 0) is 98.1 Å². The van der Waals surface area contributed by atoms with E-state index < -0.39 is 17.8 Å². The fraction of sp³-hybridized carbons (Fsp3) is 0.129. The van der Waals surface area contributed by atoms with Crippen molar-refractivity contribution in [3.8, 4) is 11.4 Å². The van der Waals surface area contributed by atoms with Gasteiger partial charge in [0.25, 0.3) is 11.8 Å². The minimum Gasteiger partial charge on any atom is -0.489 e. The molecule has 2 heterocycles. The van der Waals surface area contributed by atoms with Crippen LogP contribution in [-0.4, -0.2) is 22.4 Å². The molecule has 9 heteroatoms. The minimum atomic E-state index is -0.834. The first-order valence-corrected chi connectivity index (χ1v) is 12.8. The number of rotatable bonds is 6. The Morgan fingerprint density at radius 3 is 2.25 bits per heavy atom. The molecular weight excluding hydrogens is 533 g/mol. The van der Waals surface area contributed by atoms with Gasteiger partial charge < -0.3 is 9.30 Å². The van der Waals surface area contributed by atoms with E-state index in [0.29, 0.717) is 22.9 Å². The minimum absolute atomic E-state index is 0.166. The molecule has 40 heavy (non-hydrogen) atoms. The van der Waals surface area contributed by atoms with Crippen LogP contribution in [0.3, 0.4) is 0 Å². The number of carbonyl (C=O) groups excluding carboxylic acids is 3. The standard InChI is InChI=1S/C31H25ClFN3O4/c1-18-4-9-25(16-28(18)32)36-30(38)27(29(37)34-31(36)39)15-22-14-19(2)35(20(22)3)24-10-12-26(13-11-24)40-17-21-5-7-23(33)8-6-21/h4-16H,17H2,1-3H3,(H,34,37,39)/b27-15-. The van der Waals surface area contributed by atoms with E-state index in [-0.39, 0.29) is 17.1 Å². The lowest BCUT2D eigenvalue weighted by molar-refractivity contribution is -0.122. The molecule has 0 spiro atoms. The molecule has 4 aromatic rings. The normalized spacial score (nSPS) is 14.6. The summed E-state index contributed by atoms with van der Waals surface area (Å²) in [5.74, 6) is -1.14. The maximum Gasteiger partial charge on any atom is 0.335 e. The van der Waals surface area contributed by atoms with Gasteiger partial charge in [-0.1, -0.05) is 29.8 Å². The van der Waals surface area contributed by atoms with Crippen LogP contribution in [0, 0.1) is 26.6 Å². The van der Waals surface area contributed by atoms with Gasteiger partial charge in [0.1, 0.15) is 23.7 Å². The van der Waals surface area contributed by atoms with Crippen molar-refractivity contribution < 1.29 is 23.5 Å². The smallest absolute Gasteiger partial charge is 0.335 e. The predicted octanol–water partition coefficient (Wildman–Crippen LogP) is 6.44. The number of aromatic nitrogens is 1. The van der Waals surface area contributed by atoms with E-state index in [2.05, 4.69) is 5.32 Å². The van der Waals surface area contributed by atoms with Crippen LogP contribution in [0.25, 0.3) is 11.8 Å². The summed E-state index contributed by atoms with van der Waals surface area (Å²) in [5.41, 5.74) is 4.95. The highest BCUT2D eigenvalue weighted by Crippen LogP contribution is 2.29. The summed E-state index contributed by atoms with van der Waals surface area (Å²) in [6.45, 7) is 5.92. The number of halogens is 2. The number of nitrogens with one attached hydrogen (secondary N) is 1. The first-order valence-electron chi connectivity index (χ1n) is 12.5. The highest BCUT2D eigenvalue weighted by atomic mass is 35.5. The van der Waals surface area contributed by atoms with Crippen molar-refractivity contribution in [2.45, 2.75) is 27.4 Å². The van der Waals surface area contributed by atoms with Crippen LogP contribution in [0.15, 0.2) is 78.4 Å². The average Bonchev–Trinajstić information content (AvgIpc) is 3.20. The molecule has 1 aliphatic heterocycles. The molecule has 3 aromatic carbocycles. The Morgan fingerprint density at radius 1 is 0.900 bits per heavy atom. The van der Waals surface area contributed by atoms with E-state index in [9.17, 15) is 18.8 Å². The van der Waals surface area contributed by atoms with E-state index in [1.165, 1.54) is 24.3 Å². The maximum absolute atomic E-state index is 13.3. The Morgan fingerprint density at radius 2 is 1.57 bits per heavy atom. The summed E-state index contributed by atoms with van der Waals surface area (Å²) in [6.07, 6.45) is 1.49. The van der Waals surface area contributed by atoms with E-state index in [1.54, 1.807) is 24.3 Å². The number of imide groups is 2. The second-order valence-electron chi connectivity index (χ2n) is 9.46. The van der Waals surface area contributed by atoms with Crippen molar-refractivity contribution in [2.24, 2.45) is 0 Å². The third-order valence-electron chi connectivity index (χ3n) is 6.70. The molecule has 1 aromatic heterocycles. The summed E-state index contributed by atoms with van der Waals surface area (Å²) < 4.78 is 20.9. The van der Waals surface area contributed by atoms with Crippen molar-refractivity contribution in [3.05, 3.63) is 117 Å². The molecule has 0 radical (unpaired) electrons. The molecule has 1 fully saturated rings. The molecule has 7 nitrogen and oxygen atoms in total. The number of barbiturate groups is 1. The van der Waals surface area contributed by atoms with Gasteiger partial charge in [0, 0.05) is 22.1 Å². The third kappa shape index (κ3) is 5.26. The van der Waals surface area contributed by atoms with E-state index in [0.717, 1.165) is 33.1 Å². The largest absolute Gasteiger partial charge is 0.489 e. The summed E-state index contributed by atoms with van der Waals surface area (Å²) in [6, 6.07) is 19.5. The number of nitrogens with zero attached hydrogens (tertiary/aromatic N) is 2. The summed E-state index contributed by atoms with van der Waals surface area (Å²) >= 11 is 6.21. The molecule has 0 bridgehead atoms. The highest BCUT2D eigenvalue weighted by molar-refractivity contribution is 6.39. The fourth-order valence-electron chi connectivity index (χ4n) is 4.54. The number of aryl methyl sites for hydroxylation is 2. The Balaban J connectivity index is 1.40. The second kappa shape index (κ2) is 10.8. The van der Waals surface area contributed by atoms with Crippen LogP contribution in [-0.2, 0) is 16.2 Å². The quantitative estimate of drug-likeness (QED) is 0.218. The van der Waals surface area contributed by atoms with Crippen molar-refractivity contribution >= 4 is 41.2 Å². The second-order valence-corrected chi connectivity index (χ2v) is 9.87. The third-order valence-corrected chi connectivity index (χ3v) is 7.11. The fourth-order valence-corrected chi connectivity index (χ4v) is 4.71. The zero-order valence-corrected chi connectivity index (χ0v) is 22.8. The number of benzene rings is 3. The zero-order chi connectivity index (χ0) is 28.6. The van der Waals surface area contributed by atoms with Gasteiger partial charge in [0.15, 0.2) is 0 Å². The number of amides is 4. The molecule has 0 unspecified atom stereocenters. The molecule has 0 aliphatic carbocycles. The molecule has 5 rings (SSSR count). The Labute approximate surface area is 235 Å². The number of urea groups is 1. The van der Waals surface area contributed by atoms with Gasteiger partial charge in [-0.2, -0.15) is 0 Å². The Hall–Kier alpha value is -4.69. The predicted molar refractivity (Wildman–Crippen MR) is 151 cm³/mol. The van der Waals surface area contributed by atoms with Crippen molar-refractivity contribution in [1.82, 2.24) is 9.88 Å². The van der Waals surface area contributed by atoms with Gasteiger partial charge in [-0.3, -0.25) is 14.9 Å². The number of ether oxygens (including phenoxy) is 1. The Kier molecular flexibility index (Phi) is 7.28. The van der Waals surface area contributed by atoms with Crippen LogP contribution in [0.1, 0.15) is 28.1 Å². The van der Waals surface area contributed by atoms with Crippen molar-refractivity contribution in [1.29, 1.82) is 0 Å². The van der Waals surface area contributed by atoms with E-state index >= 15 is 0 Å². The van der Waals surface area contributed by atoms with Crippen LogP contribution < -0.4 is 15.0 Å². The number of anilines is 1. The highest BCUT2D eigenvalue weighted by Gasteiger charge is 2.37. The number of hydrogen-bond acceptors (Lipinski definition) is 4. The summed E-state index contributed by atoms with van der Waals surface area (Å²) in [7, 11) is 0. The summed E-state index contributed by atoms with van der Waals surface area (Å²) in [4.78, 5) is 39.5. The molecule has 1 N–H and O–H groups in total.